The van der Waals surface area contributed by atoms with Crippen LogP contribution in [0.15, 0.2) is 42.5 Å². The average molecular weight is 327 g/mol. The fraction of sp³-hybridized carbons (Fsp3) is 0.350. The van der Waals surface area contributed by atoms with Crippen molar-refractivity contribution in [2.24, 2.45) is 5.92 Å². The number of amides is 1. The molecule has 0 aliphatic rings. The number of aryl methyl sites for hydroxylation is 1. The first-order chi connectivity index (χ1) is 11.5. The van der Waals surface area contributed by atoms with Crippen LogP contribution in [0.1, 0.15) is 30.9 Å². The third-order valence-corrected chi connectivity index (χ3v) is 4.03. The zero-order valence-corrected chi connectivity index (χ0v) is 14.9. The molecule has 0 bridgehead atoms. The maximum absolute atomic E-state index is 12.8. The lowest BCUT2D eigenvalue weighted by molar-refractivity contribution is -0.118. The van der Waals surface area contributed by atoms with Gasteiger partial charge >= 0.3 is 0 Å². The summed E-state index contributed by atoms with van der Waals surface area (Å²) in [6.45, 7) is 6.10. The smallest absolute Gasteiger partial charge is 0.232 e. The number of hydrogen-bond acceptors (Lipinski definition) is 3. The minimum Gasteiger partial charge on any atom is -0.493 e. The van der Waals surface area contributed by atoms with Gasteiger partial charge in [-0.25, -0.2) is 0 Å². The summed E-state index contributed by atoms with van der Waals surface area (Å²) in [5.41, 5.74) is 2.87. The number of carbonyl (C=O) groups excluding carboxylic acids is 1. The molecule has 2 aromatic rings. The maximum Gasteiger partial charge on any atom is 0.232 e. The third kappa shape index (κ3) is 4.07. The van der Waals surface area contributed by atoms with Gasteiger partial charge in [0, 0.05) is 5.69 Å². The molecule has 2 aromatic carbocycles. The topological polar surface area (TPSA) is 47.6 Å². The van der Waals surface area contributed by atoms with Crippen LogP contribution in [0.3, 0.4) is 0 Å². The molecule has 0 heterocycles. The van der Waals surface area contributed by atoms with Gasteiger partial charge in [0.1, 0.15) is 0 Å². The molecule has 2 rings (SSSR count). The van der Waals surface area contributed by atoms with Crippen LogP contribution in [0.25, 0.3) is 0 Å². The summed E-state index contributed by atoms with van der Waals surface area (Å²) in [5.74, 6) is 1.13. The fourth-order valence-electron chi connectivity index (χ4n) is 2.74. The predicted molar refractivity (Wildman–Crippen MR) is 96.9 cm³/mol. The number of methoxy groups -OCH3 is 2. The highest BCUT2D eigenvalue weighted by molar-refractivity contribution is 5.96. The highest BCUT2D eigenvalue weighted by Crippen LogP contribution is 2.34. The largest absolute Gasteiger partial charge is 0.493 e. The Hall–Kier alpha value is -2.49. The molecule has 1 amide bonds. The van der Waals surface area contributed by atoms with Crippen LogP contribution in [0, 0.1) is 12.8 Å². The number of carbonyl (C=O) groups is 1. The number of benzene rings is 2. The summed E-state index contributed by atoms with van der Waals surface area (Å²) in [6, 6.07) is 13.4. The van der Waals surface area contributed by atoms with Crippen molar-refractivity contribution >= 4 is 11.6 Å². The lowest BCUT2D eigenvalue weighted by atomic mass is 9.87. The Morgan fingerprint density at radius 1 is 0.958 bits per heavy atom. The van der Waals surface area contributed by atoms with Crippen molar-refractivity contribution in [3.63, 3.8) is 0 Å². The molecule has 1 atom stereocenters. The van der Waals surface area contributed by atoms with Crippen LogP contribution < -0.4 is 14.8 Å². The van der Waals surface area contributed by atoms with Crippen LogP contribution in [0.5, 0.6) is 11.5 Å². The van der Waals surface area contributed by atoms with E-state index in [1.807, 2.05) is 63.2 Å². The molecule has 0 radical (unpaired) electrons. The molecule has 0 fully saturated rings. The van der Waals surface area contributed by atoms with E-state index in [4.69, 9.17) is 9.47 Å². The van der Waals surface area contributed by atoms with Crippen LogP contribution >= 0.6 is 0 Å². The molecule has 0 spiro atoms. The van der Waals surface area contributed by atoms with E-state index >= 15 is 0 Å². The van der Waals surface area contributed by atoms with Gasteiger partial charge < -0.3 is 14.8 Å². The third-order valence-electron chi connectivity index (χ3n) is 4.03. The number of ether oxygens (including phenoxy) is 2. The van der Waals surface area contributed by atoms with Gasteiger partial charge in [0.25, 0.3) is 0 Å². The Morgan fingerprint density at radius 2 is 1.58 bits per heavy atom. The highest BCUT2D eigenvalue weighted by Gasteiger charge is 2.25. The van der Waals surface area contributed by atoms with E-state index in [1.165, 1.54) is 0 Å². The Kier molecular flexibility index (Phi) is 5.85. The molecular weight excluding hydrogens is 302 g/mol. The van der Waals surface area contributed by atoms with Gasteiger partial charge in [-0.15, -0.1) is 0 Å². The van der Waals surface area contributed by atoms with Crippen molar-refractivity contribution in [3.05, 3.63) is 53.6 Å². The van der Waals surface area contributed by atoms with E-state index in [9.17, 15) is 4.79 Å². The maximum atomic E-state index is 12.8. The standard InChI is InChI=1S/C20H25NO3/c1-13(2)19(15-8-11-17(23-4)18(12-15)24-5)20(22)21-16-9-6-14(3)7-10-16/h6-13,19H,1-5H3,(H,21,22). The summed E-state index contributed by atoms with van der Waals surface area (Å²) in [7, 11) is 3.19. The van der Waals surface area contributed by atoms with Gasteiger partial charge in [-0.3, -0.25) is 4.79 Å². The molecule has 128 valence electrons. The number of hydrogen-bond donors (Lipinski definition) is 1. The second-order valence-electron chi connectivity index (χ2n) is 6.19. The number of anilines is 1. The summed E-state index contributed by atoms with van der Waals surface area (Å²) in [5, 5.41) is 3.00. The predicted octanol–water partition coefficient (Wildman–Crippen LogP) is 4.39. The molecule has 0 saturated heterocycles. The van der Waals surface area contributed by atoms with Crippen LogP contribution in [-0.4, -0.2) is 20.1 Å². The van der Waals surface area contributed by atoms with E-state index in [1.54, 1.807) is 14.2 Å². The summed E-state index contributed by atoms with van der Waals surface area (Å²) in [6.07, 6.45) is 0. The lowest BCUT2D eigenvalue weighted by Gasteiger charge is -2.22. The molecule has 24 heavy (non-hydrogen) atoms. The molecule has 0 saturated carbocycles. The fourth-order valence-corrected chi connectivity index (χ4v) is 2.74. The van der Waals surface area contributed by atoms with Crippen LogP contribution in [-0.2, 0) is 4.79 Å². The molecular formula is C20H25NO3. The molecule has 4 nitrogen and oxygen atoms in total. The minimum atomic E-state index is -0.272. The lowest BCUT2D eigenvalue weighted by Crippen LogP contribution is -2.25. The molecule has 0 aromatic heterocycles. The SMILES string of the molecule is COc1ccc(C(C(=O)Nc2ccc(C)cc2)C(C)C)cc1OC. The van der Waals surface area contributed by atoms with Gasteiger partial charge in [-0.2, -0.15) is 0 Å². The van der Waals surface area contributed by atoms with Gasteiger partial charge in [0.15, 0.2) is 11.5 Å². The Bertz CT molecular complexity index is 693. The molecule has 1 unspecified atom stereocenters. The van der Waals surface area contributed by atoms with E-state index < -0.39 is 0 Å². The first kappa shape index (κ1) is 17.9. The van der Waals surface area contributed by atoms with Crippen molar-refractivity contribution < 1.29 is 14.3 Å². The van der Waals surface area contributed by atoms with Crippen molar-refractivity contribution in [2.75, 3.05) is 19.5 Å². The van der Waals surface area contributed by atoms with Crippen molar-refractivity contribution in [1.82, 2.24) is 0 Å². The van der Waals surface area contributed by atoms with Crippen LogP contribution in [0.2, 0.25) is 0 Å². The Morgan fingerprint density at radius 3 is 2.12 bits per heavy atom. The minimum absolute atomic E-state index is 0.0268. The summed E-state index contributed by atoms with van der Waals surface area (Å²) >= 11 is 0. The van der Waals surface area contributed by atoms with Crippen molar-refractivity contribution in [1.29, 1.82) is 0 Å². The zero-order valence-electron chi connectivity index (χ0n) is 14.9. The van der Waals surface area contributed by atoms with E-state index in [-0.39, 0.29) is 17.7 Å². The van der Waals surface area contributed by atoms with Gasteiger partial charge in [-0.1, -0.05) is 37.6 Å². The van der Waals surface area contributed by atoms with Gasteiger partial charge in [0.2, 0.25) is 5.91 Å². The molecule has 4 heteroatoms. The molecule has 0 aliphatic heterocycles. The molecule has 1 N–H and O–H groups in total. The van der Waals surface area contributed by atoms with Crippen LogP contribution in [0.4, 0.5) is 5.69 Å². The van der Waals surface area contributed by atoms with Gasteiger partial charge in [0.05, 0.1) is 20.1 Å². The quantitative estimate of drug-likeness (QED) is 0.856. The van der Waals surface area contributed by atoms with E-state index in [2.05, 4.69) is 5.32 Å². The van der Waals surface area contributed by atoms with Crippen molar-refractivity contribution in [2.45, 2.75) is 26.7 Å². The number of nitrogens with one attached hydrogen (secondary N) is 1. The highest BCUT2D eigenvalue weighted by atomic mass is 16.5. The van der Waals surface area contributed by atoms with E-state index in [0.717, 1.165) is 16.8 Å². The monoisotopic (exact) mass is 327 g/mol. The summed E-state index contributed by atoms with van der Waals surface area (Å²) < 4.78 is 10.6. The zero-order chi connectivity index (χ0) is 17.7. The first-order valence-corrected chi connectivity index (χ1v) is 8.05. The number of rotatable bonds is 6. The average Bonchev–Trinajstić information content (AvgIpc) is 2.56. The Balaban J connectivity index is 2.28. The summed E-state index contributed by atoms with van der Waals surface area (Å²) in [4.78, 5) is 12.8. The Labute approximate surface area is 143 Å². The van der Waals surface area contributed by atoms with Crippen molar-refractivity contribution in [3.8, 4) is 11.5 Å². The van der Waals surface area contributed by atoms with E-state index in [0.29, 0.717) is 11.5 Å². The normalized spacial score (nSPS) is 11.9. The first-order valence-electron chi connectivity index (χ1n) is 8.05. The molecule has 0 aliphatic carbocycles. The second-order valence-corrected chi connectivity index (χ2v) is 6.19. The second kappa shape index (κ2) is 7.86. The van der Waals surface area contributed by atoms with Gasteiger partial charge in [-0.05, 0) is 42.7 Å².